The molecule has 1 heterocycles. The van der Waals surface area contributed by atoms with Gasteiger partial charge in [0, 0.05) is 23.1 Å². The van der Waals surface area contributed by atoms with Gasteiger partial charge in [0.05, 0.1) is 17.6 Å². The Hall–Kier alpha value is -1.63. The zero-order valence-electron chi connectivity index (χ0n) is 14.3. The number of ether oxygens (including phenoxy) is 1. The van der Waals surface area contributed by atoms with Gasteiger partial charge in [0.1, 0.15) is 0 Å². The molecule has 7 heteroatoms. The Morgan fingerprint density at radius 3 is 2.37 bits per heavy atom. The fraction of sp³-hybridized carbons (Fsp3) is 0.200. The Morgan fingerprint density at radius 1 is 0.926 bits per heavy atom. The van der Waals surface area contributed by atoms with Gasteiger partial charge in [-0.2, -0.15) is 4.31 Å². The van der Waals surface area contributed by atoms with E-state index in [4.69, 9.17) is 27.9 Å². The second-order valence-corrected chi connectivity index (χ2v) is 9.25. The molecular formula is C20H17Cl2NO3S. The maximum absolute atomic E-state index is 13.2. The van der Waals surface area contributed by atoms with Gasteiger partial charge in [0.25, 0.3) is 0 Å². The molecule has 0 saturated carbocycles. The number of benzene rings is 3. The summed E-state index contributed by atoms with van der Waals surface area (Å²) in [5.41, 5.74) is 0.769. The lowest BCUT2D eigenvalue weighted by Crippen LogP contribution is -2.42. The summed E-state index contributed by atoms with van der Waals surface area (Å²) in [5, 5.41) is 2.89. The average Bonchev–Trinajstić information content (AvgIpc) is 2.67. The summed E-state index contributed by atoms with van der Waals surface area (Å²) < 4.78 is 33.6. The van der Waals surface area contributed by atoms with Gasteiger partial charge >= 0.3 is 0 Å². The molecule has 1 atom stereocenters. The number of morpholine rings is 1. The van der Waals surface area contributed by atoms with E-state index < -0.39 is 16.1 Å². The van der Waals surface area contributed by atoms with Crippen molar-refractivity contribution in [1.82, 2.24) is 4.31 Å². The molecule has 1 aliphatic rings. The molecular weight excluding hydrogens is 405 g/mol. The SMILES string of the molecule is O=S(=O)(c1ccc2ccccc2c1)N1CCOC(c2cc(Cl)cc(Cl)c2)C1. The molecule has 0 aromatic heterocycles. The van der Waals surface area contributed by atoms with Crippen LogP contribution in [0.4, 0.5) is 0 Å². The molecule has 0 bridgehead atoms. The second kappa shape index (κ2) is 7.41. The second-order valence-electron chi connectivity index (χ2n) is 6.43. The molecule has 1 fully saturated rings. The third-order valence-corrected chi connectivity index (χ3v) is 6.94. The van der Waals surface area contributed by atoms with E-state index in [9.17, 15) is 8.42 Å². The van der Waals surface area contributed by atoms with Crippen molar-refractivity contribution in [3.63, 3.8) is 0 Å². The Bertz CT molecular complexity index is 1080. The summed E-state index contributed by atoms with van der Waals surface area (Å²) in [4.78, 5) is 0.283. The van der Waals surface area contributed by atoms with E-state index in [-0.39, 0.29) is 11.4 Å². The van der Waals surface area contributed by atoms with Crippen molar-refractivity contribution in [3.8, 4) is 0 Å². The van der Waals surface area contributed by atoms with E-state index in [0.29, 0.717) is 23.2 Å². The molecule has 1 unspecified atom stereocenters. The molecule has 0 N–H and O–H groups in total. The van der Waals surface area contributed by atoms with E-state index >= 15 is 0 Å². The number of hydrogen-bond acceptors (Lipinski definition) is 3. The Balaban J connectivity index is 1.64. The van der Waals surface area contributed by atoms with Gasteiger partial charge in [-0.15, -0.1) is 0 Å². The first-order valence-corrected chi connectivity index (χ1v) is 10.7. The molecule has 0 aliphatic carbocycles. The van der Waals surface area contributed by atoms with Gasteiger partial charge in [-0.1, -0.05) is 53.5 Å². The Morgan fingerprint density at radius 2 is 1.63 bits per heavy atom. The minimum atomic E-state index is -3.63. The lowest BCUT2D eigenvalue weighted by molar-refractivity contribution is -0.00254. The molecule has 0 spiro atoms. The van der Waals surface area contributed by atoms with Crippen molar-refractivity contribution in [3.05, 3.63) is 76.3 Å². The average molecular weight is 422 g/mol. The van der Waals surface area contributed by atoms with Crippen molar-refractivity contribution in [2.45, 2.75) is 11.0 Å². The third-order valence-electron chi connectivity index (χ3n) is 4.64. The zero-order valence-corrected chi connectivity index (χ0v) is 16.6. The van der Waals surface area contributed by atoms with Gasteiger partial charge in [-0.25, -0.2) is 8.42 Å². The van der Waals surface area contributed by atoms with Gasteiger partial charge < -0.3 is 4.74 Å². The summed E-state index contributed by atoms with van der Waals surface area (Å²) in [5.74, 6) is 0. The smallest absolute Gasteiger partial charge is 0.243 e. The first-order valence-electron chi connectivity index (χ1n) is 8.50. The third kappa shape index (κ3) is 3.84. The molecule has 140 valence electrons. The number of halogens is 2. The quantitative estimate of drug-likeness (QED) is 0.603. The van der Waals surface area contributed by atoms with Crippen molar-refractivity contribution in [2.75, 3.05) is 19.7 Å². The summed E-state index contributed by atoms with van der Waals surface area (Å²) >= 11 is 12.2. The van der Waals surface area contributed by atoms with Crippen LogP contribution in [0.25, 0.3) is 10.8 Å². The molecule has 4 rings (SSSR count). The summed E-state index contributed by atoms with van der Waals surface area (Å²) in [7, 11) is -3.63. The van der Waals surface area contributed by atoms with E-state index in [1.807, 2.05) is 30.3 Å². The molecule has 3 aromatic rings. The summed E-state index contributed by atoms with van der Waals surface area (Å²) in [6.07, 6.45) is -0.412. The Kier molecular flexibility index (Phi) is 5.14. The standard InChI is InChI=1S/C20H17Cl2NO3S/c21-17-9-16(10-18(22)12-17)20-13-23(7-8-26-20)27(24,25)19-6-5-14-3-1-2-4-15(14)11-19/h1-6,9-12,20H,7-8,13H2. The summed E-state index contributed by atoms with van der Waals surface area (Å²) in [6, 6.07) is 18.0. The first-order chi connectivity index (χ1) is 12.9. The number of hydrogen-bond donors (Lipinski definition) is 0. The van der Waals surface area contributed by atoms with Gasteiger partial charge in [-0.3, -0.25) is 0 Å². The first kappa shape index (κ1) is 18.7. The van der Waals surface area contributed by atoms with Crippen LogP contribution in [-0.4, -0.2) is 32.4 Å². The number of fused-ring (bicyclic) bond motifs is 1. The highest BCUT2D eigenvalue weighted by Crippen LogP contribution is 2.31. The summed E-state index contributed by atoms with van der Waals surface area (Å²) in [6.45, 7) is 0.827. The maximum atomic E-state index is 13.2. The van der Waals surface area contributed by atoms with Crippen LogP contribution in [0.3, 0.4) is 0 Å². The van der Waals surface area contributed by atoms with Crippen LogP contribution >= 0.6 is 23.2 Å². The van der Waals surface area contributed by atoms with Crippen LogP contribution < -0.4 is 0 Å². The van der Waals surface area contributed by atoms with Crippen LogP contribution in [-0.2, 0) is 14.8 Å². The molecule has 1 aliphatic heterocycles. The lowest BCUT2D eigenvalue weighted by Gasteiger charge is -2.32. The van der Waals surface area contributed by atoms with Crippen molar-refractivity contribution < 1.29 is 13.2 Å². The van der Waals surface area contributed by atoms with Crippen LogP contribution in [0.15, 0.2) is 65.6 Å². The zero-order chi connectivity index (χ0) is 19.0. The van der Waals surface area contributed by atoms with E-state index in [2.05, 4.69) is 0 Å². The maximum Gasteiger partial charge on any atom is 0.243 e. The van der Waals surface area contributed by atoms with Gasteiger partial charge in [0.2, 0.25) is 10.0 Å². The molecule has 0 amide bonds. The van der Waals surface area contributed by atoms with Crippen LogP contribution in [0.2, 0.25) is 10.0 Å². The number of sulfonamides is 1. The fourth-order valence-corrected chi connectivity index (χ4v) is 5.29. The highest BCUT2D eigenvalue weighted by Gasteiger charge is 2.31. The van der Waals surface area contributed by atoms with Crippen LogP contribution in [0.5, 0.6) is 0 Å². The monoisotopic (exact) mass is 421 g/mol. The Labute approximate surface area is 168 Å². The van der Waals surface area contributed by atoms with Crippen molar-refractivity contribution in [2.24, 2.45) is 0 Å². The van der Waals surface area contributed by atoms with Crippen molar-refractivity contribution in [1.29, 1.82) is 0 Å². The normalized spacial score (nSPS) is 18.7. The fourth-order valence-electron chi connectivity index (χ4n) is 3.28. The van der Waals surface area contributed by atoms with E-state index in [0.717, 1.165) is 16.3 Å². The topological polar surface area (TPSA) is 46.6 Å². The lowest BCUT2D eigenvalue weighted by atomic mass is 10.1. The predicted molar refractivity (Wildman–Crippen MR) is 108 cm³/mol. The number of nitrogens with zero attached hydrogens (tertiary/aromatic N) is 1. The highest BCUT2D eigenvalue weighted by molar-refractivity contribution is 7.89. The molecule has 1 saturated heterocycles. The highest BCUT2D eigenvalue weighted by atomic mass is 35.5. The van der Waals surface area contributed by atoms with Crippen LogP contribution in [0, 0.1) is 0 Å². The van der Waals surface area contributed by atoms with E-state index in [1.165, 1.54) is 4.31 Å². The predicted octanol–water partition coefficient (Wildman–Crippen LogP) is 4.91. The largest absolute Gasteiger partial charge is 0.371 e. The minimum absolute atomic E-state index is 0.214. The minimum Gasteiger partial charge on any atom is -0.371 e. The molecule has 27 heavy (non-hydrogen) atoms. The van der Waals surface area contributed by atoms with Crippen LogP contribution in [0.1, 0.15) is 11.7 Å². The molecule has 4 nitrogen and oxygen atoms in total. The molecule has 3 aromatic carbocycles. The number of rotatable bonds is 3. The van der Waals surface area contributed by atoms with Gasteiger partial charge in [0.15, 0.2) is 0 Å². The molecule has 0 radical (unpaired) electrons. The van der Waals surface area contributed by atoms with Gasteiger partial charge in [-0.05, 0) is 46.7 Å². The van der Waals surface area contributed by atoms with E-state index in [1.54, 1.807) is 30.3 Å². The van der Waals surface area contributed by atoms with Crippen molar-refractivity contribution >= 4 is 44.0 Å².